The summed E-state index contributed by atoms with van der Waals surface area (Å²) < 4.78 is 6.78. The smallest absolute Gasteiger partial charge is 0.280 e. The van der Waals surface area contributed by atoms with E-state index < -0.39 is 0 Å². The number of unbranched alkanes of at least 4 members (excludes halogenated alkanes) is 1. The van der Waals surface area contributed by atoms with Crippen LogP contribution in [0.1, 0.15) is 51.3 Å². The normalized spacial score (nSPS) is 11.8. The highest BCUT2D eigenvalue weighted by atomic mass is 16.5. The second-order valence-corrected chi connectivity index (χ2v) is 5.87. The van der Waals surface area contributed by atoms with E-state index in [1.54, 1.807) is 11.8 Å². The Bertz CT molecular complexity index is 739. The van der Waals surface area contributed by atoms with Crippen LogP contribution in [0, 0.1) is 0 Å². The molecule has 5 heteroatoms. The van der Waals surface area contributed by atoms with Crippen LogP contribution in [0.15, 0.2) is 34.1 Å². The number of H-pyrrole nitrogens is 1. The topological polar surface area (TPSA) is 59.4 Å². The van der Waals surface area contributed by atoms with Crippen molar-refractivity contribution >= 4 is 5.71 Å². The number of nitrogens with one attached hydrogen (secondary N) is 1. The Hall–Kier alpha value is -2.30. The summed E-state index contributed by atoms with van der Waals surface area (Å²) in [5.41, 5.74) is 3.24. The van der Waals surface area contributed by atoms with Gasteiger partial charge in [-0.15, -0.1) is 0 Å². The molecule has 2 aromatic rings. The Morgan fingerprint density at radius 3 is 2.50 bits per heavy atom. The summed E-state index contributed by atoms with van der Waals surface area (Å²) in [6, 6.07) is 7.45. The molecule has 0 amide bonds. The van der Waals surface area contributed by atoms with Crippen molar-refractivity contribution in [3.05, 3.63) is 45.9 Å². The molecule has 0 aliphatic carbocycles. The standard InChI is InChI=1S/C19H27N3O2/c1-5-7-13-20-14(3)18-17(8-6-2)21-22(19(18)23)15-9-11-16(24-4)12-10-15/h9-12,21H,5-8,13H2,1-4H3. The third-order valence-electron chi connectivity index (χ3n) is 4.02. The van der Waals surface area contributed by atoms with Crippen LogP contribution in [0.2, 0.25) is 0 Å². The highest BCUT2D eigenvalue weighted by molar-refractivity contribution is 5.99. The largest absolute Gasteiger partial charge is 0.497 e. The van der Waals surface area contributed by atoms with Gasteiger partial charge in [0.2, 0.25) is 0 Å². The highest BCUT2D eigenvalue weighted by Gasteiger charge is 2.17. The molecule has 5 nitrogen and oxygen atoms in total. The van der Waals surface area contributed by atoms with Crippen molar-refractivity contribution in [3.63, 3.8) is 0 Å². The first kappa shape index (κ1) is 18.0. The number of aromatic amines is 1. The first-order chi connectivity index (χ1) is 11.6. The summed E-state index contributed by atoms with van der Waals surface area (Å²) in [5.74, 6) is 0.768. The lowest BCUT2D eigenvalue weighted by molar-refractivity contribution is 0.414. The first-order valence-electron chi connectivity index (χ1n) is 8.62. The predicted octanol–water partition coefficient (Wildman–Crippen LogP) is 3.74. The van der Waals surface area contributed by atoms with Crippen molar-refractivity contribution < 1.29 is 4.74 Å². The minimum Gasteiger partial charge on any atom is -0.497 e. The van der Waals surface area contributed by atoms with E-state index >= 15 is 0 Å². The average Bonchev–Trinajstić information content (AvgIpc) is 2.92. The van der Waals surface area contributed by atoms with Crippen LogP contribution >= 0.6 is 0 Å². The van der Waals surface area contributed by atoms with E-state index in [1.165, 1.54) is 0 Å². The Balaban J connectivity index is 2.45. The fraction of sp³-hybridized carbons (Fsp3) is 0.474. The molecule has 0 saturated heterocycles. The van der Waals surface area contributed by atoms with Crippen LogP contribution in [0.3, 0.4) is 0 Å². The van der Waals surface area contributed by atoms with Gasteiger partial charge in [-0.05, 0) is 44.0 Å². The van der Waals surface area contributed by atoms with Gasteiger partial charge in [0, 0.05) is 18.0 Å². The molecule has 0 unspecified atom stereocenters. The average molecular weight is 329 g/mol. The van der Waals surface area contributed by atoms with E-state index in [2.05, 4.69) is 23.9 Å². The first-order valence-corrected chi connectivity index (χ1v) is 8.62. The summed E-state index contributed by atoms with van der Waals surface area (Å²) in [6.45, 7) is 6.94. The molecule has 0 atom stereocenters. The molecule has 2 rings (SSSR count). The van der Waals surface area contributed by atoms with Crippen LogP contribution in [-0.4, -0.2) is 29.1 Å². The van der Waals surface area contributed by atoms with Crippen molar-refractivity contribution in [2.75, 3.05) is 13.7 Å². The van der Waals surface area contributed by atoms with Crippen LogP contribution in [0.4, 0.5) is 0 Å². The van der Waals surface area contributed by atoms with Crippen molar-refractivity contribution in [1.29, 1.82) is 0 Å². The van der Waals surface area contributed by atoms with E-state index in [-0.39, 0.29) is 5.56 Å². The van der Waals surface area contributed by atoms with Gasteiger partial charge < -0.3 is 4.74 Å². The van der Waals surface area contributed by atoms with Gasteiger partial charge in [-0.25, -0.2) is 4.68 Å². The molecule has 0 fully saturated rings. The fourth-order valence-corrected chi connectivity index (χ4v) is 2.68. The van der Waals surface area contributed by atoms with Gasteiger partial charge in [0.25, 0.3) is 5.56 Å². The van der Waals surface area contributed by atoms with Gasteiger partial charge in [0.15, 0.2) is 0 Å². The Labute approximate surface area is 143 Å². The van der Waals surface area contributed by atoms with E-state index in [9.17, 15) is 4.79 Å². The lowest BCUT2D eigenvalue weighted by atomic mass is 10.1. The van der Waals surface area contributed by atoms with Crippen molar-refractivity contribution in [3.8, 4) is 11.4 Å². The highest BCUT2D eigenvalue weighted by Crippen LogP contribution is 2.15. The van der Waals surface area contributed by atoms with E-state index in [4.69, 9.17) is 4.74 Å². The van der Waals surface area contributed by atoms with Crippen LogP contribution < -0.4 is 10.3 Å². The van der Waals surface area contributed by atoms with Crippen molar-refractivity contribution in [2.24, 2.45) is 4.99 Å². The van der Waals surface area contributed by atoms with Gasteiger partial charge >= 0.3 is 0 Å². The molecule has 1 heterocycles. The number of ether oxygens (including phenoxy) is 1. The maximum Gasteiger partial charge on any atom is 0.280 e. The molecule has 0 radical (unpaired) electrons. The SMILES string of the molecule is CCCCN=C(C)c1c(CCC)[nH]n(-c2ccc(OC)cc2)c1=O. The minimum absolute atomic E-state index is 0.0404. The molecule has 1 N–H and O–H groups in total. The molecule has 1 aromatic carbocycles. The number of nitrogens with zero attached hydrogens (tertiary/aromatic N) is 2. The zero-order chi connectivity index (χ0) is 17.5. The van der Waals surface area contributed by atoms with E-state index in [1.807, 2.05) is 31.2 Å². The van der Waals surface area contributed by atoms with E-state index in [0.717, 1.165) is 55.1 Å². The summed E-state index contributed by atoms with van der Waals surface area (Å²) in [5, 5.41) is 3.26. The van der Waals surface area contributed by atoms with Gasteiger partial charge in [-0.1, -0.05) is 26.7 Å². The zero-order valence-electron chi connectivity index (χ0n) is 15.1. The molecule has 0 saturated carbocycles. The maximum atomic E-state index is 12.9. The lowest BCUT2D eigenvalue weighted by Crippen LogP contribution is -2.20. The number of hydrogen-bond acceptors (Lipinski definition) is 3. The Morgan fingerprint density at radius 1 is 1.21 bits per heavy atom. The minimum atomic E-state index is -0.0404. The molecule has 130 valence electrons. The predicted molar refractivity (Wildman–Crippen MR) is 98.9 cm³/mol. The summed E-state index contributed by atoms with van der Waals surface area (Å²) in [6.07, 6.45) is 3.94. The molecule has 0 spiro atoms. The third kappa shape index (κ3) is 3.96. The molecule has 1 aromatic heterocycles. The van der Waals surface area contributed by atoms with Gasteiger partial charge in [0.1, 0.15) is 5.75 Å². The molecular formula is C19H27N3O2. The molecular weight excluding hydrogens is 302 g/mol. The van der Waals surface area contributed by atoms with Crippen molar-refractivity contribution in [1.82, 2.24) is 9.78 Å². The number of rotatable bonds is 8. The number of benzene rings is 1. The van der Waals surface area contributed by atoms with Crippen LogP contribution in [0.5, 0.6) is 5.75 Å². The van der Waals surface area contributed by atoms with Gasteiger partial charge in [-0.2, -0.15) is 0 Å². The Morgan fingerprint density at radius 2 is 1.92 bits per heavy atom. The fourth-order valence-electron chi connectivity index (χ4n) is 2.68. The van der Waals surface area contributed by atoms with Crippen LogP contribution in [-0.2, 0) is 6.42 Å². The molecule has 0 aliphatic rings. The number of aromatic nitrogens is 2. The monoisotopic (exact) mass is 329 g/mol. The summed E-state index contributed by atoms with van der Waals surface area (Å²) in [7, 11) is 1.63. The zero-order valence-corrected chi connectivity index (χ0v) is 15.1. The number of hydrogen-bond donors (Lipinski definition) is 1. The quantitative estimate of drug-likeness (QED) is 0.592. The molecule has 0 bridgehead atoms. The lowest BCUT2D eigenvalue weighted by Gasteiger charge is -2.03. The third-order valence-corrected chi connectivity index (χ3v) is 4.02. The molecule has 0 aliphatic heterocycles. The number of aryl methyl sites for hydroxylation is 1. The second-order valence-electron chi connectivity index (χ2n) is 5.87. The molecule has 24 heavy (non-hydrogen) atoms. The number of aliphatic imine (C=N–C) groups is 1. The summed E-state index contributed by atoms with van der Waals surface area (Å²) >= 11 is 0. The maximum absolute atomic E-state index is 12.9. The van der Waals surface area contributed by atoms with Gasteiger partial charge in [-0.3, -0.25) is 14.9 Å². The number of methoxy groups -OCH3 is 1. The van der Waals surface area contributed by atoms with Gasteiger partial charge in [0.05, 0.1) is 18.4 Å². The summed E-state index contributed by atoms with van der Waals surface area (Å²) in [4.78, 5) is 17.5. The van der Waals surface area contributed by atoms with Crippen molar-refractivity contribution in [2.45, 2.75) is 46.5 Å². The second kappa shape index (κ2) is 8.52. The van der Waals surface area contributed by atoms with E-state index in [0.29, 0.717) is 5.56 Å². The van der Waals surface area contributed by atoms with Crippen LogP contribution in [0.25, 0.3) is 5.69 Å². The Kier molecular flexibility index (Phi) is 6.41.